The third-order valence-electron chi connectivity index (χ3n) is 3.75. The third kappa shape index (κ3) is 6.56. The summed E-state index contributed by atoms with van der Waals surface area (Å²) in [5, 5.41) is 14.7. The first-order valence-corrected chi connectivity index (χ1v) is 8.56. The molecule has 142 valence electrons. The fourth-order valence-electron chi connectivity index (χ4n) is 2.40. The normalized spacial score (nSPS) is 11.4. The Labute approximate surface area is 157 Å². The van der Waals surface area contributed by atoms with E-state index in [0.717, 1.165) is 5.56 Å². The van der Waals surface area contributed by atoms with Crippen LogP contribution in [0.25, 0.3) is 0 Å². The highest BCUT2D eigenvalue weighted by Gasteiger charge is 2.21. The predicted molar refractivity (Wildman–Crippen MR) is 100 cm³/mol. The molecular formula is C20H22N2O5. The van der Waals surface area contributed by atoms with Crippen molar-refractivity contribution in [3.63, 3.8) is 0 Å². The molecule has 7 heteroatoms. The summed E-state index contributed by atoms with van der Waals surface area (Å²) in [5.74, 6) is -1.98. The van der Waals surface area contributed by atoms with Crippen molar-refractivity contribution in [2.45, 2.75) is 25.9 Å². The average Bonchev–Trinajstić information content (AvgIpc) is 2.66. The summed E-state index contributed by atoms with van der Waals surface area (Å²) < 4.78 is 4.90. The zero-order valence-corrected chi connectivity index (χ0v) is 15.0. The summed E-state index contributed by atoms with van der Waals surface area (Å²) in [6, 6.07) is 14.7. The highest BCUT2D eigenvalue weighted by molar-refractivity contribution is 5.97. The van der Waals surface area contributed by atoms with Crippen molar-refractivity contribution in [2.75, 3.05) is 11.9 Å². The molecule has 0 aromatic heterocycles. The van der Waals surface area contributed by atoms with Crippen LogP contribution in [0.1, 0.15) is 29.3 Å². The number of anilines is 1. The van der Waals surface area contributed by atoms with E-state index in [1.54, 1.807) is 19.1 Å². The minimum Gasteiger partial charge on any atom is -0.481 e. The van der Waals surface area contributed by atoms with Crippen LogP contribution in [-0.4, -0.2) is 35.6 Å². The molecule has 7 nitrogen and oxygen atoms in total. The van der Waals surface area contributed by atoms with Gasteiger partial charge in [-0.05, 0) is 36.8 Å². The Balaban J connectivity index is 2.00. The molecule has 0 saturated heterocycles. The molecule has 27 heavy (non-hydrogen) atoms. The van der Waals surface area contributed by atoms with E-state index in [0.29, 0.717) is 17.8 Å². The van der Waals surface area contributed by atoms with Crippen LogP contribution in [0.15, 0.2) is 54.6 Å². The fraction of sp³-hybridized carbons (Fsp3) is 0.250. The molecule has 0 spiro atoms. The van der Waals surface area contributed by atoms with Gasteiger partial charge in [0.25, 0.3) is 0 Å². The van der Waals surface area contributed by atoms with Crippen molar-refractivity contribution in [1.29, 1.82) is 0 Å². The molecule has 2 rings (SSSR count). The Morgan fingerprint density at radius 2 is 1.70 bits per heavy atom. The molecule has 0 aliphatic heterocycles. The van der Waals surface area contributed by atoms with Gasteiger partial charge in [-0.1, -0.05) is 30.3 Å². The second-order valence-electron chi connectivity index (χ2n) is 5.80. The summed E-state index contributed by atoms with van der Waals surface area (Å²) >= 11 is 0. The summed E-state index contributed by atoms with van der Waals surface area (Å²) in [6.07, 6.45) is -0.348. The van der Waals surface area contributed by atoms with Crippen LogP contribution in [0.4, 0.5) is 5.69 Å². The number of carboxylic acids is 1. The van der Waals surface area contributed by atoms with Crippen LogP contribution in [0.3, 0.4) is 0 Å². The van der Waals surface area contributed by atoms with Gasteiger partial charge >= 0.3 is 11.9 Å². The van der Waals surface area contributed by atoms with E-state index in [-0.39, 0.29) is 13.0 Å². The van der Waals surface area contributed by atoms with Crippen LogP contribution in [0.2, 0.25) is 0 Å². The van der Waals surface area contributed by atoms with E-state index < -0.39 is 23.9 Å². The van der Waals surface area contributed by atoms with Gasteiger partial charge in [0.15, 0.2) is 0 Å². The second kappa shape index (κ2) is 10.1. The van der Waals surface area contributed by atoms with Crippen LogP contribution in [-0.2, 0) is 20.9 Å². The summed E-state index contributed by atoms with van der Waals surface area (Å²) in [6.45, 7) is 2.37. The van der Waals surface area contributed by atoms with Gasteiger partial charge < -0.3 is 20.5 Å². The Morgan fingerprint density at radius 1 is 1.04 bits per heavy atom. The molecule has 0 fully saturated rings. The molecule has 0 aliphatic rings. The molecule has 1 atom stereocenters. The van der Waals surface area contributed by atoms with Gasteiger partial charge in [0.05, 0.1) is 24.6 Å². The van der Waals surface area contributed by atoms with Crippen molar-refractivity contribution >= 4 is 23.5 Å². The van der Waals surface area contributed by atoms with Crippen molar-refractivity contribution < 1.29 is 24.2 Å². The van der Waals surface area contributed by atoms with Gasteiger partial charge in [0, 0.05) is 12.2 Å². The zero-order valence-electron chi connectivity index (χ0n) is 15.0. The van der Waals surface area contributed by atoms with E-state index >= 15 is 0 Å². The quantitative estimate of drug-likeness (QED) is 0.586. The molecule has 0 unspecified atom stereocenters. The van der Waals surface area contributed by atoms with E-state index in [1.165, 1.54) is 12.1 Å². The first-order valence-electron chi connectivity index (χ1n) is 8.56. The number of carbonyl (C=O) groups excluding carboxylic acids is 2. The molecule has 0 aliphatic carbocycles. The largest absolute Gasteiger partial charge is 0.481 e. The van der Waals surface area contributed by atoms with Gasteiger partial charge in [0.1, 0.15) is 0 Å². The molecule has 2 aromatic rings. The molecule has 1 amide bonds. The van der Waals surface area contributed by atoms with Crippen LogP contribution in [0, 0.1) is 0 Å². The topological polar surface area (TPSA) is 105 Å². The lowest BCUT2D eigenvalue weighted by Crippen LogP contribution is -2.41. The molecule has 0 heterocycles. The smallest absolute Gasteiger partial charge is 0.338 e. The van der Waals surface area contributed by atoms with E-state index in [4.69, 9.17) is 9.84 Å². The minimum atomic E-state index is -1.08. The molecule has 3 N–H and O–H groups in total. The number of carbonyl (C=O) groups is 3. The number of benzene rings is 2. The van der Waals surface area contributed by atoms with Gasteiger partial charge in [-0.15, -0.1) is 0 Å². The number of hydrogen-bond donors (Lipinski definition) is 3. The van der Waals surface area contributed by atoms with Crippen molar-refractivity contribution in [1.82, 2.24) is 5.32 Å². The maximum absolute atomic E-state index is 12.5. The lowest BCUT2D eigenvalue weighted by atomic mass is 10.1. The van der Waals surface area contributed by atoms with Crippen LogP contribution in [0.5, 0.6) is 0 Å². The van der Waals surface area contributed by atoms with Crippen molar-refractivity contribution in [2.24, 2.45) is 0 Å². The second-order valence-corrected chi connectivity index (χ2v) is 5.80. The Hall–Kier alpha value is -3.19. The number of rotatable bonds is 9. The molecule has 0 bridgehead atoms. The Bertz CT molecular complexity index is 775. The standard InChI is InChI=1S/C20H22N2O5/c1-2-27-20(26)15-8-10-16(11-9-15)22-19(25)17(12-18(23)24)21-13-14-6-4-3-5-7-14/h3-11,17,21H,2,12-13H2,1H3,(H,22,25)(H,23,24)/t17-/m1/s1. The highest BCUT2D eigenvalue weighted by atomic mass is 16.5. The van der Waals surface area contributed by atoms with E-state index in [2.05, 4.69) is 10.6 Å². The lowest BCUT2D eigenvalue weighted by molar-refractivity contribution is -0.139. The van der Waals surface area contributed by atoms with Gasteiger partial charge in [0.2, 0.25) is 5.91 Å². The molecular weight excluding hydrogens is 348 g/mol. The maximum atomic E-state index is 12.5. The highest BCUT2D eigenvalue weighted by Crippen LogP contribution is 2.12. The fourth-order valence-corrected chi connectivity index (χ4v) is 2.40. The number of carboxylic acid groups (broad SMARTS) is 1. The Kier molecular flexibility index (Phi) is 7.51. The Morgan fingerprint density at radius 3 is 2.30 bits per heavy atom. The van der Waals surface area contributed by atoms with E-state index in [9.17, 15) is 14.4 Å². The number of ether oxygens (including phenoxy) is 1. The number of esters is 1. The van der Waals surface area contributed by atoms with Crippen LogP contribution >= 0.6 is 0 Å². The summed E-state index contributed by atoms with van der Waals surface area (Å²) in [5.41, 5.74) is 1.78. The SMILES string of the molecule is CCOC(=O)c1ccc(NC(=O)[C@@H](CC(=O)O)NCc2ccccc2)cc1. The third-order valence-corrected chi connectivity index (χ3v) is 3.75. The number of hydrogen-bond acceptors (Lipinski definition) is 5. The average molecular weight is 370 g/mol. The van der Waals surface area contributed by atoms with Gasteiger partial charge in [-0.25, -0.2) is 4.79 Å². The minimum absolute atomic E-state index is 0.279. The predicted octanol–water partition coefficient (Wildman–Crippen LogP) is 2.43. The first-order chi connectivity index (χ1) is 13.0. The van der Waals surface area contributed by atoms with Gasteiger partial charge in [-0.3, -0.25) is 9.59 Å². The summed E-state index contributed by atoms with van der Waals surface area (Å²) in [4.78, 5) is 35.2. The monoisotopic (exact) mass is 370 g/mol. The number of nitrogens with one attached hydrogen (secondary N) is 2. The molecule has 2 aromatic carbocycles. The van der Waals surface area contributed by atoms with Crippen LogP contribution < -0.4 is 10.6 Å². The number of aliphatic carboxylic acids is 1. The molecule has 0 saturated carbocycles. The zero-order chi connectivity index (χ0) is 19.6. The van der Waals surface area contributed by atoms with Crippen molar-refractivity contribution in [3.8, 4) is 0 Å². The van der Waals surface area contributed by atoms with E-state index in [1.807, 2.05) is 30.3 Å². The number of amides is 1. The molecule has 0 radical (unpaired) electrons. The summed E-state index contributed by atoms with van der Waals surface area (Å²) in [7, 11) is 0. The van der Waals surface area contributed by atoms with Crippen molar-refractivity contribution in [3.05, 3.63) is 65.7 Å². The van der Waals surface area contributed by atoms with Gasteiger partial charge in [-0.2, -0.15) is 0 Å². The lowest BCUT2D eigenvalue weighted by Gasteiger charge is -2.17. The first kappa shape index (κ1) is 20.1. The maximum Gasteiger partial charge on any atom is 0.338 e.